The van der Waals surface area contributed by atoms with Crippen molar-refractivity contribution in [2.45, 2.75) is 39.3 Å². The van der Waals surface area contributed by atoms with E-state index in [1.807, 2.05) is 34.9 Å². The third kappa shape index (κ3) is 4.57. The fraction of sp³-hybridized carbons (Fsp3) is 0.500. The summed E-state index contributed by atoms with van der Waals surface area (Å²) in [6.07, 6.45) is 3.37. The van der Waals surface area contributed by atoms with Gasteiger partial charge in [0.05, 0.1) is 19.6 Å². The van der Waals surface area contributed by atoms with Crippen LogP contribution in [-0.2, 0) is 17.9 Å². The molecule has 2 N–H and O–H groups in total. The molecule has 7 heteroatoms. The SMILES string of the molecule is Cc1cccc(N(CC(=O)N2CCCCC2)Cc2noc(CN)n2)c1. The molecular formula is C18H25N5O2. The largest absolute Gasteiger partial charge is 0.355 e. The van der Waals surface area contributed by atoms with Gasteiger partial charge < -0.3 is 20.1 Å². The summed E-state index contributed by atoms with van der Waals surface area (Å²) >= 11 is 0. The number of benzene rings is 1. The standard InChI is InChI=1S/C18H25N5O2/c1-14-6-5-7-15(10-14)23(12-16-20-17(11-19)25-21-16)13-18(24)22-8-3-2-4-9-22/h5-7,10H,2-4,8-9,11-13,19H2,1H3. The topological polar surface area (TPSA) is 88.5 Å². The first-order chi connectivity index (χ1) is 12.2. The number of hydrogen-bond donors (Lipinski definition) is 1. The number of nitrogens with zero attached hydrogens (tertiary/aromatic N) is 4. The Bertz CT molecular complexity index is 709. The smallest absolute Gasteiger partial charge is 0.242 e. The molecule has 2 aromatic rings. The number of amides is 1. The van der Waals surface area contributed by atoms with Crippen LogP contribution < -0.4 is 10.6 Å². The number of rotatable bonds is 6. The lowest BCUT2D eigenvalue weighted by Crippen LogP contribution is -2.42. The van der Waals surface area contributed by atoms with Crippen molar-refractivity contribution in [2.24, 2.45) is 5.73 Å². The van der Waals surface area contributed by atoms with Crippen molar-refractivity contribution in [3.63, 3.8) is 0 Å². The Balaban J connectivity index is 1.77. The number of aryl methyl sites for hydroxylation is 1. The average molecular weight is 343 g/mol. The molecule has 1 aliphatic heterocycles. The van der Waals surface area contributed by atoms with Gasteiger partial charge in [-0.15, -0.1) is 0 Å². The number of carbonyl (C=O) groups excluding carboxylic acids is 1. The van der Waals surface area contributed by atoms with Crippen LogP contribution in [0.15, 0.2) is 28.8 Å². The minimum atomic E-state index is 0.142. The number of hydrogen-bond acceptors (Lipinski definition) is 6. The van der Waals surface area contributed by atoms with Gasteiger partial charge in [-0.25, -0.2) is 0 Å². The van der Waals surface area contributed by atoms with Gasteiger partial charge in [0.2, 0.25) is 11.8 Å². The predicted octanol–water partition coefficient (Wildman–Crippen LogP) is 1.86. The van der Waals surface area contributed by atoms with Crippen molar-refractivity contribution < 1.29 is 9.32 Å². The van der Waals surface area contributed by atoms with Gasteiger partial charge >= 0.3 is 0 Å². The molecule has 134 valence electrons. The highest BCUT2D eigenvalue weighted by molar-refractivity contribution is 5.81. The molecule has 0 atom stereocenters. The normalized spacial score (nSPS) is 14.6. The van der Waals surface area contributed by atoms with E-state index in [0.717, 1.165) is 37.2 Å². The van der Waals surface area contributed by atoms with Gasteiger partial charge in [0.15, 0.2) is 5.82 Å². The molecule has 7 nitrogen and oxygen atoms in total. The van der Waals surface area contributed by atoms with Crippen molar-refractivity contribution in [3.05, 3.63) is 41.5 Å². The Kier molecular flexibility index (Phi) is 5.65. The van der Waals surface area contributed by atoms with Gasteiger partial charge in [-0.3, -0.25) is 4.79 Å². The number of nitrogens with two attached hydrogens (primary N) is 1. The molecule has 1 fully saturated rings. The molecule has 0 saturated carbocycles. The van der Waals surface area contributed by atoms with Crippen molar-refractivity contribution in [1.82, 2.24) is 15.0 Å². The summed E-state index contributed by atoms with van der Waals surface area (Å²) in [5, 5.41) is 3.96. The molecule has 1 aliphatic rings. The summed E-state index contributed by atoms with van der Waals surface area (Å²) in [5.41, 5.74) is 7.65. The molecule has 3 rings (SSSR count). The van der Waals surface area contributed by atoms with Crippen molar-refractivity contribution in [3.8, 4) is 0 Å². The van der Waals surface area contributed by atoms with Crippen molar-refractivity contribution in [2.75, 3.05) is 24.5 Å². The van der Waals surface area contributed by atoms with Gasteiger partial charge in [0.25, 0.3) is 0 Å². The van der Waals surface area contributed by atoms with Gasteiger partial charge in [-0.05, 0) is 43.9 Å². The van der Waals surface area contributed by atoms with E-state index in [-0.39, 0.29) is 12.5 Å². The van der Waals surface area contributed by atoms with Crippen LogP contribution in [0.2, 0.25) is 0 Å². The number of anilines is 1. The second-order valence-corrected chi connectivity index (χ2v) is 6.44. The zero-order valence-electron chi connectivity index (χ0n) is 14.6. The van der Waals surface area contributed by atoms with E-state index in [4.69, 9.17) is 10.3 Å². The van der Waals surface area contributed by atoms with E-state index in [9.17, 15) is 4.79 Å². The molecule has 1 amide bonds. The lowest BCUT2D eigenvalue weighted by molar-refractivity contribution is -0.130. The summed E-state index contributed by atoms with van der Waals surface area (Å²) in [7, 11) is 0. The molecule has 0 radical (unpaired) electrons. The highest BCUT2D eigenvalue weighted by Gasteiger charge is 2.21. The zero-order chi connectivity index (χ0) is 17.6. The molecule has 0 aliphatic carbocycles. The fourth-order valence-electron chi connectivity index (χ4n) is 3.08. The number of piperidine rings is 1. The number of carbonyl (C=O) groups is 1. The van der Waals surface area contributed by atoms with Gasteiger partial charge in [0, 0.05) is 18.8 Å². The third-order valence-corrected chi connectivity index (χ3v) is 4.42. The molecule has 1 aromatic heterocycles. The van der Waals surface area contributed by atoms with Crippen LogP contribution in [0.4, 0.5) is 5.69 Å². The van der Waals surface area contributed by atoms with E-state index in [0.29, 0.717) is 24.8 Å². The monoisotopic (exact) mass is 343 g/mol. The van der Waals surface area contributed by atoms with Crippen LogP contribution in [0.3, 0.4) is 0 Å². The quantitative estimate of drug-likeness (QED) is 0.861. The highest BCUT2D eigenvalue weighted by atomic mass is 16.5. The zero-order valence-corrected chi connectivity index (χ0v) is 14.6. The first-order valence-electron chi connectivity index (χ1n) is 8.76. The summed E-state index contributed by atoms with van der Waals surface area (Å²) < 4.78 is 5.09. The Labute approximate surface area is 147 Å². The van der Waals surface area contributed by atoms with E-state index in [1.165, 1.54) is 6.42 Å². The number of aromatic nitrogens is 2. The van der Waals surface area contributed by atoms with Crippen LogP contribution in [0.5, 0.6) is 0 Å². The van der Waals surface area contributed by atoms with Gasteiger partial charge in [0.1, 0.15) is 0 Å². The van der Waals surface area contributed by atoms with Crippen molar-refractivity contribution >= 4 is 11.6 Å². The molecular weight excluding hydrogens is 318 g/mol. The second kappa shape index (κ2) is 8.11. The summed E-state index contributed by atoms with van der Waals surface area (Å²) in [6.45, 7) is 4.65. The van der Waals surface area contributed by atoms with Crippen LogP contribution in [0.25, 0.3) is 0 Å². The molecule has 1 saturated heterocycles. The minimum Gasteiger partial charge on any atom is -0.355 e. The fourth-order valence-corrected chi connectivity index (χ4v) is 3.08. The third-order valence-electron chi connectivity index (χ3n) is 4.42. The van der Waals surface area contributed by atoms with Crippen LogP contribution in [0, 0.1) is 6.92 Å². The van der Waals surface area contributed by atoms with Gasteiger partial charge in [-0.2, -0.15) is 4.98 Å². The van der Waals surface area contributed by atoms with Crippen molar-refractivity contribution in [1.29, 1.82) is 0 Å². The first-order valence-corrected chi connectivity index (χ1v) is 8.76. The maximum absolute atomic E-state index is 12.7. The van der Waals surface area contributed by atoms with E-state index < -0.39 is 0 Å². The first kappa shape index (κ1) is 17.4. The Morgan fingerprint density at radius 1 is 1.32 bits per heavy atom. The number of likely N-dealkylation sites (tertiary alicyclic amines) is 1. The maximum Gasteiger partial charge on any atom is 0.242 e. The molecule has 25 heavy (non-hydrogen) atoms. The van der Waals surface area contributed by atoms with Gasteiger partial charge in [-0.1, -0.05) is 17.3 Å². The Morgan fingerprint density at radius 3 is 2.80 bits per heavy atom. The van der Waals surface area contributed by atoms with Crippen LogP contribution in [-0.4, -0.2) is 40.6 Å². The molecule has 2 heterocycles. The Hall–Kier alpha value is -2.41. The highest BCUT2D eigenvalue weighted by Crippen LogP contribution is 2.19. The predicted molar refractivity (Wildman–Crippen MR) is 94.8 cm³/mol. The minimum absolute atomic E-state index is 0.142. The molecule has 0 spiro atoms. The van der Waals surface area contributed by atoms with E-state index in [2.05, 4.69) is 16.2 Å². The second-order valence-electron chi connectivity index (χ2n) is 6.44. The van der Waals surface area contributed by atoms with Crippen LogP contribution in [0.1, 0.15) is 36.5 Å². The Morgan fingerprint density at radius 2 is 2.12 bits per heavy atom. The maximum atomic E-state index is 12.7. The molecule has 0 bridgehead atoms. The lowest BCUT2D eigenvalue weighted by Gasteiger charge is -2.30. The van der Waals surface area contributed by atoms with Crippen LogP contribution >= 0.6 is 0 Å². The molecule has 1 aromatic carbocycles. The lowest BCUT2D eigenvalue weighted by atomic mass is 10.1. The summed E-state index contributed by atoms with van der Waals surface area (Å²) in [6, 6.07) is 8.09. The molecule has 0 unspecified atom stereocenters. The average Bonchev–Trinajstić information content (AvgIpc) is 3.09. The summed E-state index contributed by atoms with van der Waals surface area (Å²) in [4.78, 5) is 20.9. The van der Waals surface area contributed by atoms with E-state index in [1.54, 1.807) is 0 Å². The van der Waals surface area contributed by atoms with E-state index >= 15 is 0 Å². The summed E-state index contributed by atoms with van der Waals surface area (Å²) in [5.74, 6) is 1.08.